The Morgan fingerprint density at radius 2 is 2.23 bits per heavy atom. The third kappa shape index (κ3) is 5.61. The zero-order chi connectivity index (χ0) is 20.1. The summed E-state index contributed by atoms with van der Waals surface area (Å²) in [5.41, 5.74) is 2.14. The number of rotatable bonds is 6. The summed E-state index contributed by atoms with van der Waals surface area (Å²) in [6.45, 7) is 6.61. The van der Waals surface area contributed by atoms with Gasteiger partial charge in [-0.2, -0.15) is 5.10 Å². The topological polar surface area (TPSA) is 79.6 Å². The van der Waals surface area contributed by atoms with E-state index in [9.17, 15) is 0 Å². The van der Waals surface area contributed by atoms with Gasteiger partial charge in [0.2, 0.25) is 0 Å². The summed E-state index contributed by atoms with van der Waals surface area (Å²) in [7, 11) is 1.92. The quantitative estimate of drug-likeness (QED) is 0.216. The number of halogens is 1. The predicted octanol–water partition coefficient (Wildman–Crippen LogP) is 3.10. The predicted molar refractivity (Wildman–Crippen MR) is 133 cm³/mol. The fourth-order valence-electron chi connectivity index (χ4n) is 3.35. The lowest BCUT2D eigenvalue weighted by atomic mass is 10.1. The van der Waals surface area contributed by atoms with E-state index >= 15 is 0 Å². The van der Waals surface area contributed by atoms with Crippen molar-refractivity contribution < 1.29 is 4.74 Å². The van der Waals surface area contributed by atoms with Gasteiger partial charge in [0.25, 0.3) is 0 Å². The zero-order valence-electron chi connectivity index (χ0n) is 17.2. The van der Waals surface area contributed by atoms with Gasteiger partial charge in [0.05, 0.1) is 36.1 Å². The molecule has 1 unspecified atom stereocenters. The summed E-state index contributed by atoms with van der Waals surface area (Å²) in [5, 5.41) is 12.0. The van der Waals surface area contributed by atoms with Crippen molar-refractivity contribution in [3.8, 4) is 0 Å². The number of nitrogens with zero attached hydrogens (tertiary/aromatic N) is 5. The van der Waals surface area contributed by atoms with E-state index in [1.807, 2.05) is 42.3 Å². The molecule has 3 aromatic rings. The Morgan fingerprint density at radius 1 is 1.37 bits per heavy atom. The first kappa shape index (κ1) is 22.8. The van der Waals surface area contributed by atoms with Crippen LogP contribution in [0.4, 0.5) is 5.13 Å². The second kappa shape index (κ2) is 10.9. The maximum atomic E-state index is 5.95. The number of aromatic nitrogens is 3. The Bertz CT molecular complexity index is 940. The van der Waals surface area contributed by atoms with E-state index in [2.05, 4.69) is 38.6 Å². The highest BCUT2D eigenvalue weighted by Gasteiger charge is 2.25. The van der Waals surface area contributed by atoms with Crippen molar-refractivity contribution in [1.29, 1.82) is 0 Å². The van der Waals surface area contributed by atoms with Crippen LogP contribution in [0, 0.1) is 0 Å². The van der Waals surface area contributed by atoms with Crippen LogP contribution in [0.3, 0.4) is 0 Å². The molecule has 1 fully saturated rings. The van der Waals surface area contributed by atoms with Crippen LogP contribution in [0.1, 0.15) is 18.6 Å². The number of aryl methyl sites for hydroxylation is 1. The average Bonchev–Trinajstić information content (AvgIpc) is 3.36. The molecule has 1 aromatic carbocycles. The Morgan fingerprint density at radius 3 is 3.00 bits per heavy atom. The maximum absolute atomic E-state index is 5.95. The normalized spacial score (nSPS) is 17.1. The van der Waals surface area contributed by atoms with Gasteiger partial charge < -0.3 is 20.3 Å². The molecule has 1 atom stereocenters. The Kier molecular flexibility index (Phi) is 8.28. The highest BCUT2D eigenvalue weighted by Crippen LogP contribution is 2.25. The van der Waals surface area contributed by atoms with Crippen molar-refractivity contribution in [1.82, 2.24) is 25.0 Å². The fourth-order valence-corrected chi connectivity index (χ4v) is 4.24. The minimum atomic E-state index is 0. The lowest BCUT2D eigenvalue weighted by molar-refractivity contribution is -0.00803. The molecule has 2 N–H and O–H groups in total. The van der Waals surface area contributed by atoms with E-state index in [0.717, 1.165) is 48.4 Å². The summed E-state index contributed by atoms with van der Waals surface area (Å²) in [6.07, 6.45) is 3.91. The Labute approximate surface area is 197 Å². The molecule has 3 heterocycles. The van der Waals surface area contributed by atoms with Crippen molar-refractivity contribution in [2.75, 3.05) is 44.6 Å². The largest absolute Gasteiger partial charge is 0.370 e. The molecule has 0 bridgehead atoms. The average molecular weight is 541 g/mol. The molecule has 0 saturated carbocycles. The summed E-state index contributed by atoms with van der Waals surface area (Å²) in [6, 6.07) is 8.19. The molecule has 0 amide bonds. The summed E-state index contributed by atoms with van der Waals surface area (Å²) in [5.74, 6) is 0.927. The monoisotopic (exact) mass is 541 g/mol. The van der Waals surface area contributed by atoms with Crippen LogP contribution in [0.25, 0.3) is 10.2 Å². The molecule has 2 aromatic heterocycles. The lowest BCUT2D eigenvalue weighted by Gasteiger charge is -2.34. The highest BCUT2D eigenvalue weighted by atomic mass is 127. The van der Waals surface area contributed by atoms with Gasteiger partial charge in [-0.15, -0.1) is 24.0 Å². The number of ether oxygens (including phenoxy) is 1. The van der Waals surface area contributed by atoms with E-state index < -0.39 is 0 Å². The van der Waals surface area contributed by atoms with Gasteiger partial charge in [-0.1, -0.05) is 23.5 Å². The number of fused-ring (bicyclic) bond motifs is 1. The van der Waals surface area contributed by atoms with Crippen LogP contribution in [0.2, 0.25) is 0 Å². The van der Waals surface area contributed by atoms with E-state index in [4.69, 9.17) is 9.73 Å². The molecule has 1 aliphatic rings. The molecule has 0 aliphatic carbocycles. The highest BCUT2D eigenvalue weighted by molar-refractivity contribution is 14.0. The van der Waals surface area contributed by atoms with Gasteiger partial charge in [-0.05, 0) is 19.1 Å². The molecule has 162 valence electrons. The molecule has 4 rings (SSSR count). The number of guanidine groups is 1. The van der Waals surface area contributed by atoms with Gasteiger partial charge in [-0.3, -0.25) is 9.67 Å². The van der Waals surface area contributed by atoms with Gasteiger partial charge in [0.15, 0.2) is 11.1 Å². The first-order chi connectivity index (χ1) is 14.2. The minimum Gasteiger partial charge on any atom is -0.370 e. The molecule has 10 heteroatoms. The molecule has 30 heavy (non-hydrogen) atoms. The van der Waals surface area contributed by atoms with Crippen LogP contribution in [-0.4, -0.2) is 65.0 Å². The summed E-state index contributed by atoms with van der Waals surface area (Å²) in [4.78, 5) is 11.7. The van der Waals surface area contributed by atoms with Crippen molar-refractivity contribution in [2.24, 2.45) is 12.0 Å². The molecule has 1 saturated heterocycles. The van der Waals surface area contributed by atoms with Crippen LogP contribution in [0.15, 0.2) is 41.7 Å². The number of morpholine rings is 1. The van der Waals surface area contributed by atoms with Crippen LogP contribution in [0.5, 0.6) is 0 Å². The third-order valence-electron chi connectivity index (χ3n) is 4.74. The molecule has 0 spiro atoms. The Balaban J connectivity index is 0.00000256. The second-order valence-electron chi connectivity index (χ2n) is 6.90. The third-order valence-corrected chi connectivity index (χ3v) is 5.74. The minimum absolute atomic E-state index is 0. The number of hydrogen-bond acceptors (Lipinski definition) is 6. The fraction of sp³-hybridized carbons (Fsp3) is 0.450. The number of benzene rings is 1. The zero-order valence-corrected chi connectivity index (χ0v) is 20.4. The number of aliphatic imine (C=N–C) groups is 1. The van der Waals surface area contributed by atoms with Gasteiger partial charge in [0, 0.05) is 38.4 Å². The number of nitrogens with one attached hydrogen (secondary N) is 2. The van der Waals surface area contributed by atoms with Crippen molar-refractivity contribution in [3.05, 3.63) is 42.2 Å². The number of hydrogen-bond donors (Lipinski definition) is 2. The van der Waals surface area contributed by atoms with E-state index in [-0.39, 0.29) is 30.1 Å². The molecular weight excluding hydrogens is 513 g/mol. The molecule has 1 aliphatic heterocycles. The van der Waals surface area contributed by atoms with E-state index in [1.54, 1.807) is 11.3 Å². The smallest absolute Gasteiger partial charge is 0.194 e. The van der Waals surface area contributed by atoms with Crippen molar-refractivity contribution in [2.45, 2.75) is 13.0 Å². The number of anilines is 1. The lowest BCUT2D eigenvalue weighted by Crippen LogP contribution is -2.48. The molecule has 8 nitrogen and oxygen atoms in total. The van der Waals surface area contributed by atoms with Crippen molar-refractivity contribution in [3.63, 3.8) is 0 Å². The standard InChI is InChI=1S/C20H27N7OS.HI/c1-3-21-19(27-10-11-28-17(14-27)15-12-24-26(2)13-15)22-8-9-23-20-25-16-6-4-5-7-18(16)29-20;/h4-7,12-13,17H,3,8-11,14H2,1-2H3,(H,21,22)(H,23,25);1H. The van der Waals surface area contributed by atoms with Gasteiger partial charge in [-0.25, -0.2) is 4.98 Å². The molecular formula is C20H28IN7OS. The second-order valence-corrected chi connectivity index (χ2v) is 7.93. The van der Waals surface area contributed by atoms with E-state index in [1.165, 1.54) is 4.70 Å². The van der Waals surface area contributed by atoms with Crippen LogP contribution in [-0.2, 0) is 11.8 Å². The number of thiazole rings is 1. The Hall–Kier alpha value is -1.92. The molecule has 0 radical (unpaired) electrons. The van der Waals surface area contributed by atoms with E-state index in [0.29, 0.717) is 13.2 Å². The van der Waals surface area contributed by atoms with Crippen molar-refractivity contribution >= 4 is 56.6 Å². The van der Waals surface area contributed by atoms with Gasteiger partial charge in [0.1, 0.15) is 6.10 Å². The van der Waals surface area contributed by atoms with Crippen LogP contribution >= 0.6 is 35.3 Å². The first-order valence-corrected chi connectivity index (χ1v) is 10.8. The van der Waals surface area contributed by atoms with Gasteiger partial charge >= 0.3 is 0 Å². The SMILES string of the molecule is CCNC(=NCCNc1nc2ccccc2s1)N1CCOC(c2cnn(C)c2)C1.I. The maximum Gasteiger partial charge on any atom is 0.194 e. The summed E-state index contributed by atoms with van der Waals surface area (Å²) < 4.78 is 8.96. The first-order valence-electron chi connectivity index (χ1n) is 9.96. The number of para-hydroxylation sites is 1. The van der Waals surface area contributed by atoms with Crippen LogP contribution < -0.4 is 10.6 Å². The summed E-state index contributed by atoms with van der Waals surface area (Å²) >= 11 is 1.67.